The average molecular weight is 397 g/mol. The Hall–Kier alpha value is -2.63. The summed E-state index contributed by atoms with van der Waals surface area (Å²) in [5.74, 6) is 0. The van der Waals surface area contributed by atoms with Crippen LogP contribution in [0.25, 0.3) is 6.08 Å². The smallest absolute Gasteiger partial charge is 0.363 e. The minimum atomic E-state index is -0.427. The summed E-state index contributed by atoms with van der Waals surface area (Å²) >= 11 is 0. The Bertz CT molecular complexity index is 810. The van der Waals surface area contributed by atoms with Crippen molar-refractivity contribution in [3.63, 3.8) is 0 Å². The molecule has 4 nitrogen and oxygen atoms in total. The molecule has 0 saturated carbocycles. The van der Waals surface area contributed by atoms with Crippen LogP contribution in [-0.2, 0) is 0 Å². The molecule has 128 valence electrons. The monoisotopic (exact) mass is 396 g/mol. The second kappa shape index (κ2) is 8.46. The predicted molar refractivity (Wildman–Crippen MR) is 97.6 cm³/mol. The SMILES string of the molecule is CN(C)c1ccc(C=CC2=CC=CC(C)(C)[N+]2=C(C#N)C#N)cc1.[Br-]. The molecule has 0 unspecified atom stereocenters. The number of halogens is 1. The maximum absolute atomic E-state index is 9.26. The van der Waals surface area contributed by atoms with E-state index in [2.05, 4.69) is 12.1 Å². The Kier molecular flexibility index (Phi) is 6.91. The number of benzene rings is 1. The van der Waals surface area contributed by atoms with E-state index in [0.29, 0.717) is 0 Å². The molecule has 1 aliphatic rings. The van der Waals surface area contributed by atoms with Crippen LogP contribution in [0.15, 0.2) is 54.3 Å². The van der Waals surface area contributed by atoms with Crippen LogP contribution in [0.1, 0.15) is 19.4 Å². The molecular formula is C20H21BrN4. The molecule has 5 heteroatoms. The highest BCUT2D eigenvalue weighted by Gasteiger charge is 2.35. The number of anilines is 1. The molecule has 2 rings (SSSR count). The van der Waals surface area contributed by atoms with Crippen LogP contribution in [-0.4, -0.2) is 29.9 Å². The van der Waals surface area contributed by atoms with E-state index in [1.165, 1.54) is 0 Å². The summed E-state index contributed by atoms with van der Waals surface area (Å²) < 4.78 is 1.76. The highest BCUT2D eigenvalue weighted by atomic mass is 79.9. The third-order valence-corrected chi connectivity index (χ3v) is 3.90. The summed E-state index contributed by atoms with van der Waals surface area (Å²) in [7, 11) is 4.01. The minimum absolute atomic E-state index is 0. The van der Waals surface area contributed by atoms with Gasteiger partial charge in [0.2, 0.25) is 5.70 Å². The fraction of sp³-hybridized carbons (Fsp3) is 0.250. The van der Waals surface area contributed by atoms with Gasteiger partial charge in [0.25, 0.3) is 0 Å². The average Bonchev–Trinajstić information content (AvgIpc) is 2.55. The second-order valence-corrected chi connectivity index (χ2v) is 6.33. The van der Waals surface area contributed by atoms with Crippen molar-refractivity contribution >= 4 is 17.5 Å². The molecule has 1 aromatic carbocycles. The Balaban J connectivity index is 0.00000312. The lowest BCUT2D eigenvalue weighted by atomic mass is 9.98. The number of rotatable bonds is 3. The molecule has 0 N–H and O–H groups in total. The van der Waals surface area contributed by atoms with E-state index in [-0.39, 0.29) is 22.7 Å². The Morgan fingerprint density at radius 2 is 1.68 bits per heavy atom. The lowest BCUT2D eigenvalue weighted by Gasteiger charge is -2.21. The van der Waals surface area contributed by atoms with Crippen molar-refractivity contribution in [1.29, 1.82) is 10.5 Å². The van der Waals surface area contributed by atoms with Crippen molar-refractivity contribution in [3.05, 3.63) is 59.8 Å². The normalized spacial score (nSPS) is 15.0. The summed E-state index contributed by atoms with van der Waals surface area (Å²) in [4.78, 5) is 2.05. The van der Waals surface area contributed by atoms with Gasteiger partial charge in [-0.2, -0.15) is 15.1 Å². The predicted octanol–water partition coefficient (Wildman–Crippen LogP) is 0.503. The largest absolute Gasteiger partial charge is 1.00 e. The van der Waals surface area contributed by atoms with Crippen LogP contribution in [0.3, 0.4) is 0 Å². The molecule has 1 heterocycles. The van der Waals surface area contributed by atoms with E-state index in [1.54, 1.807) is 4.58 Å². The molecular weight excluding hydrogens is 376 g/mol. The first-order valence-electron chi connectivity index (χ1n) is 7.71. The zero-order chi connectivity index (χ0) is 17.7. The van der Waals surface area contributed by atoms with Crippen molar-refractivity contribution in [3.8, 4) is 12.1 Å². The molecule has 0 bridgehead atoms. The van der Waals surface area contributed by atoms with E-state index in [0.717, 1.165) is 16.9 Å². The van der Waals surface area contributed by atoms with Crippen molar-refractivity contribution in [2.75, 3.05) is 19.0 Å². The number of hydrogen-bond acceptors (Lipinski definition) is 3. The molecule has 1 aromatic rings. The summed E-state index contributed by atoms with van der Waals surface area (Å²) in [5, 5.41) is 18.5. The molecule has 1 aliphatic heterocycles. The fourth-order valence-electron chi connectivity index (χ4n) is 2.60. The summed E-state index contributed by atoms with van der Waals surface area (Å²) in [5.41, 5.74) is 2.67. The third-order valence-electron chi connectivity index (χ3n) is 3.90. The van der Waals surface area contributed by atoms with Gasteiger partial charge < -0.3 is 21.9 Å². The summed E-state index contributed by atoms with van der Waals surface area (Å²) in [6, 6.07) is 12.2. The molecule has 0 spiro atoms. The molecule has 0 amide bonds. The molecule has 0 saturated heterocycles. The zero-order valence-corrected chi connectivity index (χ0v) is 16.4. The zero-order valence-electron chi connectivity index (χ0n) is 14.9. The van der Waals surface area contributed by atoms with Crippen molar-refractivity contribution in [1.82, 2.24) is 0 Å². The minimum Gasteiger partial charge on any atom is -1.00 e. The number of allylic oxidation sites excluding steroid dienone is 3. The van der Waals surface area contributed by atoms with Crippen LogP contribution in [0.5, 0.6) is 0 Å². The summed E-state index contributed by atoms with van der Waals surface area (Å²) in [6.45, 7) is 3.95. The highest BCUT2D eigenvalue weighted by molar-refractivity contribution is 6.07. The highest BCUT2D eigenvalue weighted by Crippen LogP contribution is 2.23. The van der Waals surface area contributed by atoms with Crippen LogP contribution in [0, 0.1) is 22.7 Å². The standard InChI is InChI=1S/C20H21N4.BrH/c1-20(2)13-5-6-18(24(20)19(14-21)15-22)12-9-16-7-10-17(11-8-16)23(3)4;/h5-13H,1-4H3;1H/q+1;/p-1. The van der Waals surface area contributed by atoms with Crippen LogP contribution in [0.4, 0.5) is 5.69 Å². The van der Waals surface area contributed by atoms with Gasteiger partial charge in [-0.1, -0.05) is 18.2 Å². The van der Waals surface area contributed by atoms with Crippen LogP contribution < -0.4 is 21.9 Å². The van der Waals surface area contributed by atoms with Gasteiger partial charge in [-0.05, 0) is 29.8 Å². The van der Waals surface area contributed by atoms with Gasteiger partial charge in [-0.25, -0.2) is 0 Å². The lowest BCUT2D eigenvalue weighted by molar-refractivity contribution is -0.536. The molecule has 0 aliphatic carbocycles. The van der Waals surface area contributed by atoms with Gasteiger partial charge >= 0.3 is 5.71 Å². The maximum atomic E-state index is 9.26. The topological polar surface area (TPSA) is 53.8 Å². The molecule has 0 atom stereocenters. The van der Waals surface area contributed by atoms with E-state index < -0.39 is 5.54 Å². The third kappa shape index (κ3) is 4.68. The molecule has 25 heavy (non-hydrogen) atoms. The number of nitrogens with zero attached hydrogens (tertiary/aromatic N) is 4. The first kappa shape index (κ1) is 20.4. The van der Waals surface area contributed by atoms with Crippen molar-refractivity contribution in [2.24, 2.45) is 0 Å². The van der Waals surface area contributed by atoms with Gasteiger partial charge in [0.1, 0.15) is 0 Å². The Morgan fingerprint density at radius 1 is 1.08 bits per heavy atom. The maximum Gasteiger partial charge on any atom is 0.363 e. The first-order valence-corrected chi connectivity index (χ1v) is 7.71. The van der Waals surface area contributed by atoms with E-state index in [4.69, 9.17) is 0 Å². The van der Waals surface area contributed by atoms with Gasteiger partial charge in [-0.15, -0.1) is 0 Å². The molecule has 0 fully saturated rings. The Labute approximate surface area is 160 Å². The number of hydrogen-bond donors (Lipinski definition) is 0. The van der Waals surface area contributed by atoms with Gasteiger partial charge in [0, 0.05) is 45.8 Å². The van der Waals surface area contributed by atoms with Gasteiger partial charge in [0.15, 0.2) is 17.7 Å². The van der Waals surface area contributed by atoms with Crippen LogP contribution >= 0.6 is 0 Å². The quantitative estimate of drug-likeness (QED) is 0.699. The lowest BCUT2D eigenvalue weighted by Crippen LogP contribution is -3.00. The van der Waals surface area contributed by atoms with Crippen LogP contribution in [0.2, 0.25) is 0 Å². The van der Waals surface area contributed by atoms with E-state index in [9.17, 15) is 10.5 Å². The number of nitriles is 2. The van der Waals surface area contributed by atoms with Gasteiger partial charge in [0.05, 0.1) is 0 Å². The Morgan fingerprint density at radius 3 is 2.20 bits per heavy atom. The second-order valence-electron chi connectivity index (χ2n) is 6.33. The van der Waals surface area contributed by atoms with E-state index in [1.807, 2.05) is 87.5 Å². The van der Waals surface area contributed by atoms with Crippen molar-refractivity contribution < 1.29 is 21.6 Å². The first-order chi connectivity index (χ1) is 11.4. The van der Waals surface area contributed by atoms with E-state index >= 15 is 0 Å². The molecule has 0 radical (unpaired) electrons. The fourth-order valence-corrected chi connectivity index (χ4v) is 2.60. The molecule has 0 aromatic heterocycles. The van der Waals surface area contributed by atoms with Crippen molar-refractivity contribution in [2.45, 2.75) is 19.4 Å². The summed E-state index contributed by atoms with van der Waals surface area (Å²) in [6.07, 6.45) is 9.76. The van der Waals surface area contributed by atoms with Gasteiger partial charge in [-0.3, -0.25) is 0 Å².